The van der Waals surface area contributed by atoms with Crippen molar-refractivity contribution in [3.05, 3.63) is 40.1 Å². The third kappa shape index (κ3) is 3.48. The zero-order valence-corrected chi connectivity index (χ0v) is 17.9. The van der Waals surface area contributed by atoms with Crippen LogP contribution < -0.4 is 9.80 Å². The Hall–Kier alpha value is -2.14. The van der Waals surface area contributed by atoms with Gasteiger partial charge < -0.3 is 14.5 Å². The molecule has 5 nitrogen and oxygen atoms in total. The van der Waals surface area contributed by atoms with Gasteiger partial charge in [-0.3, -0.25) is 0 Å². The average molecular weight is 381 g/mol. The van der Waals surface area contributed by atoms with E-state index in [0.717, 1.165) is 56.5 Å². The van der Waals surface area contributed by atoms with Gasteiger partial charge in [0.05, 0.1) is 6.10 Å². The maximum Gasteiger partial charge on any atom is 0.232 e. The highest BCUT2D eigenvalue weighted by Gasteiger charge is 2.29. The number of anilines is 3. The van der Waals surface area contributed by atoms with Gasteiger partial charge in [-0.25, -0.2) is 4.98 Å². The van der Waals surface area contributed by atoms with E-state index in [2.05, 4.69) is 56.6 Å². The Morgan fingerprint density at radius 3 is 2.54 bits per heavy atom. The molecule has 2 aromatic rings. The third-order valence-corrected chi connectivity index (χ3v) is 6.02. The van der Waals surface area contributed by atoms with Crippen molar-refractivity contribution in [2.24, 2.45) is 0 Å². The monoisotopic (exact) mass is 380 g/mol. The number of aromatic nitrogens is 2. The molecule has 3 heterocycles. The zero-order chi connectivity index (χ0) is 19.8. The van der Waals surface area contributed by atoms with Crippen molar-refractivity contribution >= 4 is 17.5 Å². The van der Waals surface area contributed by atoms with Crippen LogP contribution >= 0.6 is 0 Å². The number of fused-ring (bicyclic) bond motifs is 1. The van der Waals surface area contributed by atoms with Gasteiger partial charge in [-0.2, -0.15) is 4.98 Å². The van der Waals surface area contributed by atoms with Crippen LogP contribution in [0.4, 0.5) is 17.5 Å². The molecule has 0 N–H and O–H groups in total. The van der Waals surface area contributed by atoms with Crippen molar-refractivity contribution < 1.29 is 4.74 Å². The van der Waals surface area contributed by atoms with Crippen molar-refractivity contribution in [2.45, 2.75) is 60.0 Å². The van der Waals surface area contributed by atoms with E-state index in [1.54, 1.807) is 0 Å². The lowest BCUT2D eigenvalue weighted by atomic mass is 10.0. The summed E-state index contributed by atoms with van der Waals surface area (Å²) in [5.41, 5.74) is 7.49. The van der Waals surface area contributed by atoms with Crippen LogP contribution in [0.3, 0.4) is 0 Å². The molecule has 5 heteroatoms. The van der Waals surface area contributed by atoms with E-state index in [0.29, 0.717) is 6.10 Å². The average Bonchev–Trinajstić information content (AvgIpc) is 3.29. The molecular weight excluding hydrogens is 348 g/mol. The molecule has 0 amide bonds. The topological polar surface area (TPSA) is 41.5 Å². The molecule has 0 saturated carbocycles. The Balaban J connectivity index is 1.71. The molecule has 1 aromatic heterocycles. The fourth-order valence-corrected chi connectivity index (χ4v) is 4.80. The summed E-state index contributed by atoms with van der Waals surface area (Å²) >= 11 is 0. The summed E-state index contributed by atoms with van der Waals surface area (Å²) in [5.74, 6) is 1.92. The Labute approximate surface area is 168 Å². The maximum atomic E-state index is 5.88. The Bertz CT molecular complexity index is 850. The summed E-state index contributed by atoms with van der Waals surface area (Å²) in [6, 6.07) is 4.49. The van der Waals surface area contributed by atoms with E-state index >= 15 is 0 Å². The van der Waals surface area contributed by atoms with Crippen LogP contribution in [0.1, 0.15) is 47.7 Å². The van der Waals surface area contributed by atoms with Crippen molar-refractivity contribution in [3.63, 3.8) is 0 Å². The SMILES string of the molecule is CCN(c1nc(C)c2c(n1)N(CC1CCCO1)CC2)c1c(C)cc(C)cc1C. The highest BCUT2D eigenvalue weighted by molar-refractivity contribution is 5.68. The van der Waals surface area contributed by atoms with Crippen molar-refractivity contribution in [3.8, 4) is 0 Å². The lowest BCUT2D eigenvalue weighted by molar-refractivity contribution is 0.116. The lowest BCUT2D eigenvalue weighted by Gasteiger charge is -2.27. The first-order chi connectivity index (χ1) is 13.5. The van der Waals surface area contributed by atoms with Gasteiger partial charge in [0, 0.05) is 43.2 Å². The predicted molar refractivity (Wildman–Crippen MR) is 115 cm³/mol. The normalized spacial score (nSPS) is 18.6. The summed E-state index contributed by atoms with van der Waals surface area (Å²) in [7, 11) is 0. The number of hydrogen-bond acceptors (Lipinski definition) is 5. The second-order valence-corrected chi connectivity index (χ2v) is 8.23. The number of hydrogen-bond donors (Lipinski definition) is 0. The summed E-state index contributed by atoms with van der Waals surface area (Å²) < 4.78 is 5.88. The predicted octanol–water partition coefficient (Wildman–Crippen LogP) is 4.41. The van der Waals surface area contributed by atoms with Crippen LogP contribution in [0.5, 0.6) is 0 Å². The summed E-state index contributed by atoms with van der Waals surface area (Å²) in [5, 5.41) is 0. The summed E-state index contributed by atoms with van der Waals surface area (Å²) in [6.07, 6.45) is 3.71. The van der Waals surface area contributed by atoms with Crippen molar-refractivity contribution in [1.82, 2.24) is 9.97 Å². The van der Waals surface area contributed by atoms with E-state index in [9.17, 15) is 0 Å². The number of aryl methyl sites for hydroxylation is 4. The van der Waals surface area contributed by atoms with Gasteiger partial charge in [0.1, 0.15) is 5.82 Å². The second kappa shape index (κ2) is 7.70. The minimum Gasteiger partial charge on any atom is -0.376 e. The van der Waals surface area contributed by atoms with Crippen LogP contribution in [-0.4, -0.2) is 42.3 Å². The first kappa shape index (κ1) is 19.2. The quantitative estimate of drug-likeness (QED) is 0.768. The van der Waals surface area contributed by atoms with E-state index in [-0.39, 0.29) is 0 Å². The standard InChI is InChI=1S/C23H32N4O/c1-6-27(21-16(3)12-15(2)13-17(21)4)23-24-18(5)20-9-10-26(22(20)25-23)14-19-8-7-11-28-19/h12-13,19H,6-11,14H2,1-5H3. The van der Waals surface area contributed by atoms with Crippen molar-refractivity contribution in [2.75, 3.05) is 36.0 Å². The molecule has 2 aliphatic heterocycles. The highest BCUT2D eigenvalue weighted by atomic mass is 16.5. The van der Waals surface area contributed by atoms with E-state index in [1.807, 2.05) is 0 Å². The van der Waals surface area contributed by atoms with E-state index < -0.39 is 0 Å². The minimum absolute atomic E-state index is 0.341. The lowest BCUT2D eigenvalue weighted by Crippen LogP contribution is -2.31. The molecule has 1 atom stereocenters. The second-order valence-electron chi connectivity index (χ2n) is 8.23. The molecular formula is C23H32N4O. The zero-order valence-electron chi connectivity index (χ0n) is 17.9. The summed E-state index contributed by atoms with van der Waals surface area (Å²) in [6.45, 7) is 14.5. The minimum atomic E-state index is 0.341. The van der Waals surface area contributed by atoms with Crippen LogP contribution in [0.15, 0.2) is 12.1 Å². The summed E-state index contributed by atoms with van der Waals surface area (Å²) in [4.78, 5) is 14.7. The first-order valence-electron chi connectivity index (χ1n) is 10.6. The molecule has 2 aliphatic rings. The number of benzene rings is 1. The van der Waals surface area contributed by atoms with Gasteiger partial charge in [0.15, 0.2) is 0 Å². The maximum absolute atomic E-state index is 5.88. The molecule has 4 rings (SSSR count). The fourth-order valence-electron chi connectivity index (χ4n) is 4.80. The van der Waals surface area contributed by atoms with Crippen LogP contribution in [-0.2, 0) is 11.2 Å². The smallest absolute Gasteiger partial charge is 0.232 e. The molecule has 1 aromatic carbocycles. The molecule has 0 aliphatic carbocycles. The Kier molecular flexibility index (Phi) is 5.28. The first-order valence-corrected chi connectivity index (χ1v) is 10.6. The van der Waals surface area contributed by atoms with Crippen LogP contribution in [0.2, 0.25) is 0 Å². The molecule has 1 unspecified atom stereocenters. The molecule has 1 saturated heterocycles. The molecule has 28 heavy (non-hydrogen) atoms. The van der Waals surface area contributed by atoms with E-state index in [4.69, 9.17) is 14.7 Å². The van der Waals surface area contributed by atoms with E-state index in [1.165, 1.54) is 34.4 Å². The molecule has 0 spiro atoms. The van der Waals surface area contributed by atoms with Crippen LogP contribution in [0, 0.1) is 27.7 Å². The highest BCUT2D eigenvalue weighted by Crippen LogP contribution is 2.35. The molecule has 1 fully saturated rings. The van der Waals surface area contributed by atoms with Crippen LogP contribution in [0.25, 0.3) is 0 Å². The largest absolute Gasteiger partial charge is 0.376 e. The van der Waals surface area contributed by atoms with Gasteiger partial charge in [-0.05, 0) is 65.0 Å². The van der Waals surface area contributed by atoms with Crippen molar-refractivity contribution in [1.29, 1.82) is 0 Å². The number of ether oxygens (including phenoxy) is 1. The number of rotatable bonds is 5. The molecule has 0 radical (unpaired) electrons. The fraction of sp³-hybridized carbons (Fsp3) is 0.565. The number of nitrogens with zero attached hydrogens (tertiary/aromatic N) is 4. The van der Waals surface area contributed by atoms with Gasteiger partial charge in [0.2, 0.25) is 5.95 Å². The third-order valence-electron chi connectivity index (χ3n) is 6.02. The van der Waals surface area contributed by atoms with Gasteiger partial charge in [-0.15, -0.1) is 0 Å². The van der Waals surface area contributed by atoms with Gasteiger partial charge in [0.25, 0.3) is 0 Å². The Morgan fingerprint density at radius 1 is 1.14 bits per heavy atom. The van der Waals surface area contributed by atoms with Gasteiger partial charge >= 0.3 is 0 Å². The Morgan fingerprint density at radius 2 is 1.89 bits per heavy atom. The van der Waals surface area contributed by atoms with Gasteiger partial charge in [-0.1, -0.05) is 17.7 Å². The molecule has 0 bridgehead atoms. The molecule has 150 valence electrons.